The van der Waals surface area contributed by atoms with Crippen molar-refractivity contribution < 1.29 is 44.9 Å². The van der Waals surface area contributed by atoms with Crippen LogP contribution in [0.3, 0.4) is 0 Å². The Morgan fingerprint density at radius 2 is 1.75 bits per heavy atom. The van der Waals surface area contributed by atoms with Gasteiger partial charge in [-0.15, -0.1) is 0 Å². The van der Waals surface area contributed by atoms with Gasteiger partial charge in [0.1, 0.15) is 24.4 Å². The van der Waals surface area contributed by atoms with Gasteiger partial charge < -0.3 is 40.1 Å². The van der Waals surface area contributed by atoms with Gasteiger partial charge in [-0.3, -0.25) is 4.79 Å². The zero-order valence-corrected chi connectivity index (χ0v) is 16.6. The highest BCUT2D eigenvalue weighted by Crippen LogP contribution is 2.49. The maximum Gasteiger partial charge on any atom is 0.187 e. The van der Waals surface area contributed by atoms with Gasteiger partial charge in [-0.25, -0.2) is 0 Å². The normalized spacial score (nSPS) is 46.6. The van der Waals surface area contributed by atoms with Gasteiger partial charge in [-0.05, 0) is 25.5 Å². The second kappa shape index (κ2) is 8.45. The average Bonchev–Trinajstić information content (AvgIpc) is 2.63. The summed E-state index contributed by atoms with van der Waals surface area (Å²) in [5.74, 6) is -0.952. The maximum absolute atomic E-state index is 11.3. The lowest BCUT2D eigenvalue weighted by Crippen LogP contribution is -2.64. The summed E-state index contributed by atoms with van der Waals surface area (Å²) in [6, 6.07) is 0. The van der Waals surface area contributed by atoms with Crippen molar-refractivity contribution in [3.63, 3.8) is 0 Å². The molecule has 0 unspecified atom stereocenters. The summed E-state index contributed by atoms with van der Waals surface area (Å²) >= 11 is 0. The Balaban J connectivity index is 2.21. The molecule has 0 amide bonds. The minimum atomic E-state index is -1.59. The van der Waals surface area contributed by atoms with Crippen molar-refractivity contribution in [1.82, 2.24) is 0 Å². The number of hydrogen-bond acceptors (Lipinski definition) is 9. The quantitative estimate of drug-likeness (QED) is 0.299. The van der Waals surface area contributed by atoms with E-state index < -0.39 is 66.5 Å². The number of carbonyl (C=O) groups excluding carboxylic acids is 1. The van der Waals surface area contributed by atoms with Crippen molar-refractivity contribution in [2.75, 3.05) is 6.61 Å². The summed E-state index contributed by atoms with van der Waals surface area (Å²) in [6.07, 6.45) is -6.38. The number of allylic oxidation sites excluding steroid dienone is 1. The van der Waals surface area contributed by atoms with Crippen LogP contribution in [0.4, 0.5) is 0 Å². The van der Waals surface area contributed by atoms with Gasteiger partial charge in [0.05, 0.1) is 24.4 Å². The summed E-state index contributed by atoms with van der Waals surface area (Å²) < 4.78 is 11.1. The molecule has 1 heterocycles. The van der Waals surface area contributed by atoms with Crippen LogP contribution in [0.1, 0.15) is 34.1 Å². The van der Waals surface area contributed by atoms with Crippen LogP contribution < -0.4 is 0 Å². The lowest BCUT2D eigenvalue weighted by Gasteiger charge is -2.54. The smallest absolute Gasteiger partial charge is 0.187 e. The number of carbonyl (C=O) groups is 1. The Morgan fingerprint density at radius 1 is 1.14 bits per heavy atom. The van der Waals surface area contributed by atoms with Crippen LogP contribution in [0.2, 0.25) is 0 Å². The third-order valence-corrected chi connectivity index (χ3v) is 6.11. The van der Waals surface area contributed by atoms with E-state index in [1.807, 2.05) is 0 Å². The van der Waals surface area contributed by atoms with Gasteiger partial charge >= 0.3 is 0 Å². The average molecular weight is 404 g/mol. The Hall–Kier alpha value is -0.910. The number of hydrogen-bond donors (Lipinski definition) is 6. The van der Waals surface area contributed by atoms with E-state index in [4.69, 9.17) is 9.47 Å². The number of ether oxygens (including phenoxy) is 2. The first kappa shape index (κ1) is 23.4. The molecular weight excluding hydrogens is 372 g/mol. The van der Waals surface area contributed by atoms with Gasteiger partial charge in [0.2, 0.25) is 0 Å². The molecule has 9 nitrogen and oxygen atoms in total. The summed E-state index contributed by atoms with van der Waals surface area (Å²) in [6.45, 7) is 5.93. The minimum Gasteiger partial charge on any atom is -0.394 e. The molecule has 9 atom stereocenters. The minimum absolute atomic E-state index is 0.159. The molecule has 0 spiro atoms. The molecule has 1 saturated carbocycles. The van der Waals surface area contributed by atoms with Gasteiger partial charge in [0.25, 0.3) is 0 Å². The summed E-state index contributed by atoms with van der Waals surface area (Å²) in [5, 5.41) is 61.1. The molecule has 2 rings (SSSR count). The van der Waals surface area contributed by atoms with Crippen LogP contribution in [-0.2, 0) is 14.3 Å². The molecule has 0 aromatic heterocycles. The fourth-order valence-electron chi connectivity index (χ4n) is 4.09. The number of aliphatic hydroxyl groups excluding tert-OH is 5. The van der Waals surface area contributed by atoms with E-state index in [-0.39, 0.29) is 12.2 Å². The van der Waals surface area contributed by atoms with E-state index in [0.29, 0.717) is 0 Å². The van der Waals surface area contributed by atoms with E-state index >= 15 is 0 Å². The first-order chi connectivity index (χ1) is 12.9. The van der Waals surface area contributed by atoms with E-state index in [9.17, 15) is 35.4 Å². The highest BCUT2D eigenvalue weighted by Gasteiger charge is 2.56. The van der Waals surface area contributed by atoms with Crippen molar-refractivity contribution in [2.24, 2.45) is 11.3 Å². The van der Waals surface area contributed by atoms with E-state index in [0.717, 1.165) is 0 Å². The van der Waals surface area contributed by atoms with Gasteiger partial charge in [0.15, 0.2) is 12.1 Å². The van der Waals surface area contributed by atoms with E-state index in [1.165, 1.54) is 19.1 Å². The van der Waals surface area contributed by atoms with E-state index in [2.05, 4.69) is 0 Å². The van der Waals surface area contributed by atoms with Crippen LogP contribution in [0, 0.1) is 11.3 Å². The van der Waals surface area contributed by atoms with Crippen molar-refractivity contribution in [3.8, 4) is 0 Å². The zero-order chi connectivity index (χ0) is 21.4. The Morgan fingerprint density at radius 3 is 2.29 bits per heavy atom. The van der Waals surface area contributed by atoms with Crippen molar-refractivity contribution in [1.29, 1.82) is 0 Å². The second-order valence-electron chi connectivity index (χ2n) is 8.51. The van der Waals surface area contributed by atoms with Crippen LogP contribution in [0.25, 0.3) is 0 Å². The molecule has 2 aliphatic rings. The number of ketones is 1. The fraction of sp³-hybridized carbons (Fsp3) is 0.842. The molecule has 162 valence electrons. The molecule has 1 saturated heterocycles. The second-order valence-corrected chi connectivity index (χ2v) is 8.51. The monoisotopic (exact) mass is 404 g/mol. The van der Waals surface area contributed by atoms with Crippen LogP contribution in [0.5, 0.6) is 0 Å². The molecule has 0 radical (unpaired) electrons. The van der Waals surface area contributed by atoms with Gasteiger partial charge in [-0.2, -0.15) is 0 Å². The summed E-state index contributed by atoms with van der Waals surface area (Å²) in [5.41, 5.74) is -2.29. The van der Waals surface area contributed by atoms with Crippen LogP contribution >= 0.6 is 0 Å². The first-order valence-corrected chi connectivity index (χ1v) is 9.42. The highest BCUT2D eigenvalue weighted by molar-refractivity contribution is 5.87. The molecule has 0 aromatic rings. The van der Waals surface area contributed by atoms with Crippen molar-refractivity contribution >= 4 is 5.78 Å². The third-order valence-electron chi connectivity index (χ3n) is 6.11. The van der Waals surface area contributed by atoms with Crippen molar-refractivity contribution in [2.45, 2.75) is 82.6 Å². The van der Waals surface area contributed by atoms with E-state index in [1.54, 1.807) is 20.8 Å². The Kier molecular flexibility index (Phi) is 7.05. The SMILES string of the molecule is CC(=O)/C=C/[C@@]1(O)[C@H](C)[C@H](O)[C@@H](O[C@@H]2O[C@H](CO)[C@@H](O)[C@H](O)[C@H]2O)CC1(C)C. The summed E-state index contributed by atoms with van der Waals surface area (Å²) in [4.78, 5) is 11.3. The first-order valence-electron chi connectivity index (χ1n) is 9.42. The largest absolute Gasteiger partial charge is 0.394 e. The topological polar surface area (TPSA) is 157 Å². The maximum atomic E-state index is 11.3. The fourth-order valence-corrected chi connectivity index (χ4v) is 4.09. The Bertz CT molecular complexity index is 590. The lowest BCUT2D eigenvalue weighted by atomic mass is 9.58. The Labute approximate surface area is 164 Å². The number of rotatable bonds is 5. The molecule has 1 aliphatic carbocycles. The van der Waals surface area contributed by atoms with Gasteiger partial charge in [0, 0.05) is 11.3 Å². The van der Waals surface area contributed by atoms with Crippen LogP contribution in [-0.4, -0.2) is 91.5 Å². The highest BCUT2D eigenvalue weighted by atomic mass is 16.7. The molecule has 0 aromatic carbocycles. The predicted octanol–water partition coefficient (Wildman–Crippen LogP) is -1.53. The summed E-state index contributed by atoms with van der Waals surface area (Å²) in [7, 11) is 0. The molecule has 28 heavy (non-hydrogen) atoms. The molecule has 2 fully saturated rings. The van der Waals surface area contributed by atoms with Crippen LogP contribution in [0.15, 0.2) is 12.2 Å². The third kappa shape index (κ3) is 4.17. The predicted molar refractivity (Wildman–Crippen MR) is 97.0 cm³/mol. The number of aliphatic hydroxyl groups is 6. The van der Waals surface area contributed by atoms with Gasteiger partial charge in [-0.1, -0.05) is 20.8 Å². The molecular formula is C19H32O9. The lowest BCUT2D eigenvalue weighted by molar-refractivity contribution is -0.329. The van der Waals surface area contributed by atoms with Crippen molar-refractivity contribution in [3.05, 3.63) is 12.2 Å². The molecule has 9 heteroatoms. The molecule has 1 aliphatic heterocycles. The molecule has 0 bridgehead atoms. The zero-order valence-electron chi connectivity index (χ0n) is 16.6. The standard InChI is InChI=1S/C19H32O9/c1-9(21)5-6-19(26)10(2)13(22)11(7-18(19,3)4)27-17-16(25)15(24)14(23)12(8-20)28-17/h5-6,10-17,20,22-26H,7-8H2,1-4H3/b6-5+/t10-,11+,12-,13+,14-,15+,16-,17-,19-/m1/s1. The molecule has 6 N–H and O–H groups in total.